The Morgan fingerprint density at radius 3 is 2.67 bits per heavy atom. The van der Waals surface area contributed by atoms with Gasteiger partial charge in [-0.2, -0.15) is 0 Å². The van der Waals surface area contributed by atoms with E-state index < -0.39 is 0 Å². The third-order valence-electron chi connectivity index (χ3n) is 3.06. The standard InChI is InChI=1S/C9H15NO2/c1-7-8(11)9(6-12-7)2-4-10-5-3-9/h7,10H,2-6H2,1H3/t7-/m0/s1. The fourth-order valence-electron chi connectivity index (χ4n) is 2.16. The van der Waals surface area contributed by atoms with Crippen LogP contribution in [0.25, 0.3) is 0 Å². The molecule has 2 saturated heterocycles. The Morgan fingerprint density at radius 2 is 2.17 bits per heavy atom. The third-order valence-corrected chi connectivity index (χ3v) is 3.06. The van der Waals surface area contributed by atoms with Crippen LogP contribution in [0.5, 0.6) is 0 Å². The molecule has 1 spiro atoms. The highest BCUT2D eigenvalue weighted by molar-refractivity contribution is 5.90. The molecule has 0 saturated carbocycles. The summed E-state index contributed by atoms with van der Waals surface area (Å²) in [5, 5.41) is 3.26. The minimum Gasteiger partial charge on any atom is -0.370 e. The smallest absolute Gasteiger partial charge is 0.169 e. The van der Waals surface area contributed by atoms with E-state index in [9.17, 15) is 4.79 Å². The maximum Gasteiger partial charge on any atom is 0.169 e. The Balaban J connectivity index is 2.14. The first-order chi connectivity index (χ1) is 5.75. The minimum absolute atomic E-state index is 0.120. The summed E-state index contributed by atoms with van der Waals surface area (Å²) in [5.74, 6) is 0.323. The second-order valence-electron chi connectivity index (χ2n) is 3.85. The fourth-order valence-corrected chi connectivity index (χ4v) is 2.16. The van der Waals surface area contributed by atoms with Crippen LogP contribution in [0.4, 0.5) is 0 Å². The molecule has 2 aliphatic heterocycles. The van der Waals surface area contributed by atoms with Crippen molar-refractivity contribution in [1.29, 1.82) is 0 Å². The largest absolute Gasteiger partial charge is 0.370 e. The molecule has 0 unspecified atom stereocenters. The van der Waals surface area contributed by atoms with Gasteiger partial charge in [-0.15, -0.1) is 0 Å². The first-order valence-corrected chi connectivity index (χ1v) is 4.61. The van der Waals surface area contributed by atoms with Crippen LogP contribution in [-0.2, 0) is 9.53 Å². The average Bonchev–Trinajstić information content (AvgIpc) is 2.37. The lowest BCUT2D eigenvalue weighted by Crippen LogP contribution is -2.42. The van der Waals surface area contributed by atoms with E-state index in [4.69, 9.17) is 4.74 Å². The van der Waals surface area contributed by atoms with Gasteiger partial charge in [0.25, 0.3) is 0 Å². The molecule has 3 nitrogen and oxygen atoms in total. The van der Waals surface area contributed by atoms with Crippen molar-refractivity contribution in [3.05, 3.63) is 0 Å². The first kappa shape index (κ1) is 8.20. The van der Waals surface area contributed by atoms with E-state index in [-0.39, 0.29) is 11.5 Å². The van der Waals surface area contributed by atoms with Crippen molar-refractivity contribution in [2.75, 3.05) is 19.7 Å². The topological polar surface area (TPSA) is 38.3 Å². The molecular formula is C9H15NO2. The second kappa shape index (κ2) is 2.82. The molecule has 2 fully saturated rings. The number of piperidine rings is 1. The lowest BCUT2D eigenvalue weighted by molar-refractivity contribution is -0.128. The van der Waals surface area contributed by atoms with Gasteiger partial charge in [0.15, 0.2) is 5.78 Å². The van der Waals surface area contributed by atoms with E-state index in [1.54, 1.807) is 0 Å². The van der Waals surface area contributed by atoms with Gasteiger partial charge in [-0.3, -0.25) is 4.79 Å². The number of hydrogen-bond acceptors (Lipinski definition) is 3. The highest BCUT2D eigenvalue weighted by Gasteiger charge is 2.47. The number of rotatable bonds is 0. The Hall–Kier alpha value is -0.410. The molecule has 68 valence electrons. The molecule has 0 bridgehead atoms. The van der Waals surface area contributed by atoms with Crippen molar-refractivity contribution in [3.8, 4) is 0 Å². The van der Waals surface area contributed by atoms with Crippen LogP contribution in [0.2, 0.25) is 0 Å². The van der Waals surface area contributed by atoms with Crippen LogP contribution >= 0.6 is 0 Å². The molecular weight excluding hydrogens is 154 g/mol. The van der Waals surface area contributed by atoms with E-state index in [1.165, 1.54) is 0 Å². The molecule has 0 aromatic rings. The van der Waals surface area contributed by atoms with Crippen LogP contribution < -0.4 is 5.32 Å². The van der Waals surface area contributed by atoms with Crippen molar-refractivity contribution < 1.29 is 9.53 Å². The molecule has 0 aromatic heterocycles. The number of hydrogen-bond donors (Lipinski definition) is 1. The molecule has 2 aliphatic rings. The van der Waals surface area contributed by atoms with Gasteiger partial charge in [0.1, 0.15) is 6.10 Å². The van der Waals surface area contributed by atoms with Gasteiger partial charge in [0.2, 0.25) is 0 Å². The molecule has 12 heavy (non-hydrogen) atoms. The molecule has 0 aromatic carbocycles. The number of ether oxygens (including phenoxy) is 1. The molecule has 2 heterocycles. The molecule has 0 radical (unpaired) electrons. The van der Waals surface area contributed by atoms with Crippen molar-refractivity contribution >= 4 is 5.78 Å². The van der Waals surface area contributed by atoms with Gasteiger partial charge < -0.3 is 10.1 Å². The Bertz CT molecular complexity index is 191. The zero-order chi connectivity index (χ0) is 8.60. The zero-order valence-corrected chi connectivity index (χ0v) is 7.43. The summed E-state index contributed by atoms with van der Waals surface area (Å²) < 4.78 is 5.38. The summed E-state index contributed by atoms with van der Waals surface area (Å²) in [7, 11) is 0. The number of nitrogens with one attached hydrogen (secondary N) is 1. The monoisotopic (exact) mass is 169 g/mol. The van der Waals surface area contributed by atoms with Crippen LogP contribution in [0.1, 0.15) is 19.8 Å². The molecule has 0 aliphatic carbocycles. The summed E-state index contributed by atoms with van der Waals surface area (Å²) in [6, 6.07) is 0. The normalized spacial score (nSPS) is 34.4. The van der Waals surface area contributed by atoms with Crippen molar-refractivity contribution in [2.24, 2.45) is 5.41 Å². The maximum atomic E-state index is 11.7. The summed E-state index contributed by atoms with van der Waals surface area (Å²) in [5.41, 5.74) is -0.120. The van der Waals surface area contributed by atoms with Gasteiger partial charge in [-0.1, -0.05) is 0 Å². The van der Waals surface area contributed by atoms with Crippen LogP contribution in [-0.4, -0.2) is 31.6 Å². The third kappa shape index (κ3) is 1.08. The molecule has 1 N–H and O–H groups in total. The van der Waals surface area contributed by atoms with E-state index in [2.05, 4.69) is 5.32 Å². The first-order valence-electron chi connectivity index (χ1n) is 4.61. The van der Waals surface area contributed by atoms with Gasteiger partial charge >= 0.3 is 0 Å². The molecule has 2 rings (SSSR count). The van der Waals surface area contributed by atoms with Crippen LogP contribution in [0.3, 0.4) is 0 Å². The van der Waals surface area contributed by atoms with Crippen molar-refractivity contribution in [2.45, 2.75) is 25.9 Å². The highest BCUT2D eigenvalue weighted by Crippen LogP contribution is 2.36. The number of Topliss-reactive ketones (excluding diaryl/α,β-unsaturated/α-hetero) is 1. The number of carbonyl (C=O) groups is 1. The minimum atomic E-state index is -0.164. The highest BCUT2D eigenvalue weighted by atomic mass is 16.5. The molecule has 1 atom stereocenters. The summed E-state index contributed by atoms with van der Waals surface area (Å²) in [6.45, 7) is 4.43. The SMILES string of the molecule is C[C@@H]1OCC2(CCNCC2)C1=O. The van der Waals surface area contributed by atoms with E-state index in [0.717, 1.165) is 25.9 Å². The predicted molar refractivity (Wildman–Crippen MR) is 45.0 cm³/mol. The van der Waals surface area contributed by atoms with E-state index >= 15 is 0 Å². The molecule has 3 heteroatoms. The van der Waals surface area contributed by atoms with Crippen molar-refractivity contribution in [1.82, 2.24) is 5.32 Å². The lowest BCUT2D eigenvalue weighted by atomic mass is 9.76. The van der Waals surface area contributed by atoms with Gasteiger partial charge in [0.05, 0.1) is 12.0 Å². The zero-order valence-electron chi connectivity index (χ0n) is 7.43. The van der Waals surface area contributed by atoms with Crippen LogP contribution in [0.15, 0.2) is 0 Å². The van der Waals surface area contributed by atoms with Gasteiger partial charge in [-0.05, 0) is 32.9 Å². The average molecular weight is 169 g/mol. The second-order valence-corrected chi connectivity index (χ2v) is 3.85. The number of carbonyl (C=O) groups excluding carboxylic acids is 1. The summed E-state index contributed by atoms with van der Waals surface area (Å²) in [6.07, 6.45) is 1.75. The predicted octanol–water partition coefficient (Wildman–Crippen LogP) is 0.344. The van der Waals surface area contributed by atoms with E-state index in [1.807, 2.05) is 6.92 Å². The Morgan fingerprint density at radius 1 is 1.50 bits per heavy atom. The van der Waals surface area contributed by atoms with Gasteiger partial charge in [0, 0.05) is 0 Å². The number of ketones is 1. The van der Waals surface area contributed by atoms with Gasteiger partial charge in [-0.25, -0.2) is 0 Å². The van der Waals surface area contributed by atoms with E-state index in [0.29, 0.717) is 12.4 Å². The van der Waals surface area contributed by atoms with Crippen molar-refractivity contribution in [3.63, 3.8) is 0 Å². The summed E-state index contributed by atoms with van der Waals surface area (Å²) >= 11 is 0. The van der Waals surface area contributed by atoms with Crippen LogP contribution in [0, 0.1) is 5.41 Å². The molecule has 0 amide bonds. The summed E-state index contributed by atoms with van der Waals surface area (Å²) in [4.78, 5) is 11.7. The quantitative estimate of drug-likeness (QED) is 0.568. The Kier molecular flexibility index (Phi) is 1.93. The Labute approximate surface area is 72.5 Å². The lowest BCUT2D eigenvalue weighted by Gasteiger charge is -2.30. The maximum absolute atomic E-state index is 11.7. The fraction of sp³-hybridized carbons (Fsp3) is 0.889.